The zero-order valence-corrected chi connectivity index (χ0v) is 13.4. The van der Waals surface area contributed by atoms with E-state index in [1.165, 1.54) is 12.8 Å². The molecule has 5 heteroatoms. The predicted octanol–water partition coefficient (Wildman–Crippen LogP) is 3.22. The van der Waals surface area contributed by atoms with E-state index in [2.05, 4.69) is 17.0 Å². The quantitative estimate of drug-likeness (QED) is 0.681. The molecule has 120 valence electrons. The summed E-state index contributed by atoms with van der Waals surface area (Å²) in [6.45, 7) is 2.67. The van der Waals surface area contributed by atoms with Gasteiger partial charge in [0.05, 0.1) is 18.7 Å². The van der Waals surface area contributed by atoms with Crippen LogP contribution in [0.1, 0.15) is 32.0 Å². The molecule has 0 fully saturated rings. The summed E-state index contributed by atoms with van der Waals surface area (Å²) in [6.07, 6.45) is 6.11. The minimum absolute atomic E-state index is 0.0446. The average molecular weight is 310 g/mol. The second kappa shape index (κ2) is 7.33. The third kappa shape index (κ3) is 3.40. The van der Waals surface area contributed by atoms with Crippen LogP contribution >= 0.6 is 0 Å². The van der Waals surface area contributed by atoms with E-state index in [-0.39, 0.29) is 6.61 Å². The Kier molecular flexibility index (Phi) is 4.98. The summed E-state index contributed by atoms with van der Waals surface area (Å²) >= 11 is 0. The number of unbranched alkanes of at least 4 members (excludes halogenated alkanes) is 2. The molecule has 0 aliphatic rings. The first-order valence-corrected chi connectivity index (χ1v) is 8.22. The van der Waals surface area contributed by atoms with Crippen LogP contribution < -0.4 is 0 Å². The standard InChI is InChI=1S/C18H22N4O/c1-2-3-4-10-16-20-18(22(21-16)12-13-23)15-9-5-7-14-8-6-11-19-17(14)15/h5-9,11,23H,2-4,10,12-13H2,1H3. The lowest BCUT2D eigenvalue weighted by Crippen LogP contribution is -2.06. The van der Waals surface area contributed by atoms with Crippen molar-refractivity contribution in [1.82, 2.24) is 19.7 Å². The van der Waals surface area contributed by atoms with E-state index in [0.29, 0.717) is 6.54 Å². The fraction of sp³-hybridized carbons (Fsp3) is 0.389. The normalized spacial score (nSPS) is 11.2. The lowest BCUT2D eigenvalue weighted by Gasteiger charge is -2.06. The summed E-state index contributed by atoms with van der Waals surface area (Å²) < 4.78 is 1.80. The van der Waals surface area contributed by atoms with Crippen molar-refractivity contribution >= 4 is 10.9 Å². The number of rotatable bonds is 7. The van der Waals surface area contributed by atoms with Crippen LogP contribution in [0.3, 0.4) is 0 Å². The molecule has 3 rings (SSSR count). The van der Waals surface area contributed by atoms with Crippen molar-refractivity contribution in [3.63, 3.8) is 0 Å². The Hall–Kier alpha value is -2.27. The Morgan fingerprint density at radius 1 is 1.13 bits per heavy atom. The number of aliphatic hydroxyl groups is 1. The third-order valence-electron chi connectivity index (χ3n) is 3.90. The molecule has 3 aromatic rings. The number of pyridine rings is 1. The van der Waals surface area contributed by atoms with E-state index in [9.17, 15) is 5.11 Å². The Morgan fingerprint density at radius 2 is 2.00 bits per heavy atom. The predicted molar refractivity (Wildman–Crippen MR) is 91.1 cm³/mol. The van der Waals surface area contributed by atoms with E-state index in [1.54, 1.807) is 10.9 Å². The van der Waals surface area contributed by atoms with Crippen LogP contribution in [0.25, 0.3) is 22.3 Å². The van der Waals surface area contributed by atoms with Gasteiger partial charge in [0, 0.05) is 23.6 Å². The van der Waals surface area contributed by atoms with E-state index >= 15 is 0 Å². The molecule has 0 bridgehead atoms. The highest BCUT2D eigenvalue weighted by Crippen LogP contribution is 2.26. The second-order valence-electron chi connectivity index (χ2n) is 5.64. The molecule has 0 aliphatic heterocycles. The van der Waals surface area contributed by atoms with Crippen LogP contribution in [-0.4, -0.2) is 31.5 Å². The number of nitrogens with zero attached hydrogens (tertiary/aromatic N) is 4. The van der Waals surface area contributed by atoms with Crippen molar-refractivity contribution in [2.45, 2.75) is 39.2 Å². The molecule has 0 aliphatic carbocycles. The molecule has 1 aromatic carbocycles. The van der Waals surface area contributed by atoms with E-state index in [1.807, 2.05) is 30.3 Å². The lowest BCUT2D eigenvalue weighted by molar-refractivity contribution is 0.270. The topological polar surface area (TPSA) is 63.8 Å². The number of benzene rings is 1. The minimum Gasteiger partial charge on any atom is -0.394 e. The number of aromatic nitrogens is 4. The summed E-state index contributed by atoms with van der Waals surface area (Å²) in [4.78, 5) is 9.22. The van der Waals surface area contributed by atoms with Crippen LogP contribution in [0.15, 0.2) is 36.5 Å². The van der Waals surface area contributed by atoms with Gasteiger partial charge in [0.1, 0.15) is 0 Å². The van der Waals surface area contributed by atoms with E-state index in [4.69, 9.17) is 4.98 Å². The van der Waals surface area contributed by atoms with Gasteiger partial charge in [0.2, 0.25) is 0 Å². The van der Waals surface area contributed by atoms with Gasteiger partial charge < -0.3 is 5.11 Å². The summed E-state index contributed by atoms with van der Waals surface area (Å²) in [6, 6.07) is 10.0. The van der Waals surface area contributed by atoms with E-state index < -0.39 is 0 Å². The molecule has 0 atom stereocenters. The first-order chi connectivity index (χ1) is 11.3. The molecule has 0 radical (unpaired) electrons. The molecular formula is C18H22N4O. The Bertz CT molecular complexity index is 776. The third-order valence-corrected chi connectivity index (χ3v) is 3.90. The Labute approximate surface area is 136 Å². The number of aryl methyl sites for hydroxylation is 1. The summed E-state index contributed by atoms with van der Waals surface area (Å²) in [5.74, 6) is 1.63. The van der Waals surface area contributed by atoms with Crippen LogP contribution in [-0.2, 0) is 13.0 Å². The molecule has 0 saturated carbocycles. The van der Waals surface area contributed by atoms with Gasteiger partial charge in [-0.15, -0.1) is 0 Å². The molecule has 5 nitrogen and oxygen atoms in total. The maximum atomic E-state index is 9.32. The molecule has 0 amide bonds. The first-order valence-electron chi connectivity index (χ1n) is 8.22. The highest BCUT2D eigenvalue weighted by Gasteiger charge is 2.14. The largest absolute Gasteiger partial charge is 0.394 e. The molecule has 2 heterocycles. The number of hydrogen-bond donors (Lipinski definition) is 1. The number of aliphatic hydroxyl groups excluding tert-OH is 1. The van der Waals surface area contributed by atoms with Crippen LogP contribution in [0.4, 0.5) is 0 Å². The second-order valence-corrected chi connectivity index (χ2v) is 5.64. The molecule has 0 saturated heterocycles. The lowest BCUT2D eigenvalue weighted by atomic mass is 10.1. The molecule has 23 heavy (non-hydrogen) atoms. The maximum absolute atomic E-state index is 9.32. The van der Waals surface area contributed by atoms with Gasteiger partial charge in [-0.3, -0.25) is 4.98 Å². The van der Waals surface area contributed by atoms with Gasteiger partial charge in [-0.2, -0.15) is 5.10 Å². The maximum Gasteiger partial charge on any atom is 0.160 e. The van der Waals surface area contributed by atoms with E-state index in [0.717, 1.165) is 41.0 Å². The van der Waals surface area contributed by atoms with Crippen molar-refractivity contribution in [3.8, 4) is 11.4 Å². The van der Waals surface area contributed by atoms with Gasteiger partial charge in [0.25, 0.3) is 0 Å². The van der Waals surface area contributed by atoms with Gasteiger partial charge in [-0.05, 0) is 18.6 Å². The highest BCUT2D eigenvalue weighted by molar-refractivity contribution is 5.91. The molecule has 2 aromatic heterocycles. The molecule has 1 N–H and O–H groups in total. The smallest absolute Gasteiger partial charge is 0.160 e. The summed E-state index contributed by atoms with van der Waals surface area (Å²) in [5.41, 5.74) is 1.88. The van der Waals surface area contributed by atoms with Gasteiger partial charge in [-0.25, -0.2) is 9.67 Å². The van der Waals surface area contributed by atoms with Crippen molar-refractivity contribution in [2.24, 2.45) is 0 Å². The minimum atomic E-state index is 0.0446. The fourth-order valence-electron chi connectivity index (χ4n) is 2.76. The zero-order valence-electron chi connectivity index (χ0n) is 13.4. The van der Waals surface area contributed by atoms with Crippen LogP contribution in [0.2, 0.25) is 0 Å². The molecule has 0 spiro atoms. The number of hydrogen-bond acceptors (Lipinski definition) is 4. The SMILES string of the molecule is CCCCCc1nc(-c2cccc3cccnc23)n(CCO)n1. The zero-order chi connectivity index (χ0) is 16.1. The number of fused-ring (bicyclic) bond motifs is 1. The van der Waals surface area contributed by atoms with Gasteiger partial charge >= 0.3 is 0 Å². The van der Waals surface area contributed by atoms with Gasteiger partial charge in [-0.1, -0.05) is 38.0 Å². The monoisotopic (exact) mass is 310 g/mol. The van der Waals surface area contributed by atoms with Crippen LogP contribution in [0.5, 0.6) is 0 Å². The first kappa shape index (κ1) is 15.6. The number of para-hydroxylation sites is 1. The van der Waals surface area contributed by atoms with Crippen molar-refractivity contribution in [2.75, 3.05) is 6.61 Å². The Morgan fingerprint density at radius 3 is 2.83 bits per heavy atom. The Balaban J connectivity index is 2.02. The molecule has 0 unspecified atom stereocenters. The van der Waals surface area contributed by atoms with Crippen LogP contribution in [0, 0.1) is 0 Å². The van der Waals surface area contributed by atoms with Gasteiger partial charge in [0.15, 0.2) is 11.6 Å². The van der Waals surface area contributed by atoms with Crippen molar-refractivity contribution in [1.29, 1.82) is 0 Å². The average Bonchev–Trinajstić information content (AvgIpc) is 2.98. The highest BCUT2D eigenvalue weighted by atomic mass is 16.3. The van der Waals surface area contributed by atoms with Crippen molar-refractivity contribution in [3.05, 3.63) is 42.4 Å². The summed E-state index contributed by atoms with van der Waals surface area (Å²) in [5, 5.41) is 15.0. The fourth-order valence-corrected chi connectivity index (χ4v) is 2.76. The van der Waals surface area contributed by atoms with Crippen molar-refractivity contribution < 1.29 is 5.11 Å². The summed E-state index contributed by atoms with van der Waals surface area (Å²) in [7, 11) is 0. The molecular weight excluding hydrogens is 288 g/mol.